The molecule has 0 fully saturated rings. The number of benzene rings is 1. The lowest BCUT2D eigenvalue weighted by molar-refractivity contribution is -0.0500. The zero-order valence-corrected chi connectivity index (χ0v) is 12.7. The molecule has 120 valence electrons. The fraction of sp³-hybridized carbons (Fsp3) is 0.625. The van der Waals surface area contributed by atoms with E-state index in [0.29, 0.717) is 19.3 Å². The van der Waals surface area contributed by atoms with Gasteiger partial charge in [0.2, 0.25) is 0 Å². The first-order chi connectivity index (χ1) is 9.96. The molecule has 0 heterocycles. The predicted octanol–water partition coefficient (Wildman–Crippen LogP) is 5.03. The van der Waals surface area contributed by atoms with E-state index in [4.69, 9.17) is 4.74 Å². The number of halogens is 3. The van der Waals surface area contributed by atoms with E-state index in [-0.39, 0.29) is 18.5 Å². The summed E-state index contributed by atoms with van der Waals surface area (Å²) >= 11 is 0. The van der Waals surface area contributed by atoms with Crippen LogP contribution in [0.25, 0.3) is 0 Å². The zero-order valence-electron chi connectivity index (χ0n) is 12.7. The highest BCUT2D eigenvalue weighted by atomic mass is 19.3. The van der Waals surface area contributed by atoms with Crippen molar-refractivity contribution in [3.63, 3.8) is 0 Å². The second kappa shape index (κ2) is 8.93. The van der Waals surface area contributed by atoms with Crippen molar-refractivity contribution in [1.82, 2.24) is 0 Å². The van der Waals surface area contributed by atoms with Crippen molar-refractivity contribution in [2.24, 2.45) is 0 Å². The third kappa shape index (κ3) is 6.38. The molecule has 1 rings (SSSR count). The summed E-state index contributed by atoms with van der Waals surface area (Å²) in [7, 11) is 0. The van der Waals surface area contributed by atoms with Crippen LogP contribution < -0.4 is 4.74 Å². The van der Waals surface area contributed by atoms with Crippen LogP contribution in [-0.4, -0.2) is 18.9 Å². The molecular formula is C16H23F3O2. The Morgan fingerprint density at radius 1 is 1.10 bits per heavy atom. The summed E-state index contributed by atoms with van der Waals surface area (Å²) < 4.78 is 47.9. The van der Waals surface area contributed by atoms with E-state index < -0.39 is 12.8 Å². The fourth-order valence-electron chi connectivity index (χ4n) is 1.99. The molecule has 0 aliphatic carbocycles. The number of hydrogen-bond acceptors (Lipinski definition) is 2. The van der Waals surface area contributed by atoms with E-state index in [1.165, 1.54) is 6.07 Å². The molecule has 2 atom stereocenters. The molecule has 0 unspecified atom stereocenters. The van der Waals surface area contributed by atoms with Gasteiger partial charge in [-0.15, -0.1) is 0 Å². The van der Waals surface area contributed by atoms with Crippen LogP contribution in [0.3, 0.4) is 0 Å². The highest BCUT2D eigenvalue weighted by molar-refractivity contribution is 5.34. The quantitative estimate of drug-likeness (QED) is 0.637. The maximum absolute atomic E-state index is 13.4. The molecule has 5 heteroatoms. The Labute approximate surface area is 124 Å². The molecule has 0 aromatic heterocycles. The molecule has 1 aromatic rings. The lowest BCUT2D eigenvalue weighted by Crippen LogP contribution is -2.17. The average Bonchev–Trinajstić information content (AvgIpc) is 2.45. The lowest BCUT2D eigenvalue weighted by Gasteiger charge is -2.19. The second-order valence-corrected chi connectivity index (χ2v) is 5.05. The molecule has 2 nitrogen and oxygen atoms in total. The Hall–Kier alpha value is -1.23. The van der Waals surface area contributed by atoms with Crippen molar-refractivity contribution in [2.75, 3.05) is 0 Å². The first-order valence-corrected chi connectivity index (χ1v) is 7.26. The second-order valence-electron chi connectivity index (χ2n) is 5.05. The number of rotatable bonds is 9. The van der Waals surface area contributed by atoms with E-state index in [0.717, 1.165) is 11.1 Å². The summed E-state index contributed by atoms with van der Waals surface area (Å²) in [4.78, 5) is 0. The summed E-state index contributed by atoms with van der Waals surface area (Å²) in [6, 6.07) is 4.75. The fourth-order valence-corrected chi connectivity index (χ4v) is 1.99. The van der Waals surface area contributed by atoms with Crippen LogP contribution in [0.1, 0.15) is 44.2 Å². The normalized spacial score (nSPS) is 14.2. The third-order valence-corrected chi connectivity index (χ3v) is 3.44. The maximum Gasteiger partial charge on any atom is 0.387 e. The van der Waals surface area contributed by atoms with Crippen LogP contribution in [0, 0.1) is 6.92 Å². The van der Waals surface area contributed by atoms with Crippen LogP contribution in [0.2, 0.25) is 0 Å². The van der Waals surface area contributed by atoms with E-state index in [1.54, 1.807) is 19.1 Å². The molecule has 1 aromatic carbocycles. The Balaban J connectivity index is 2.64. The predicted molar refractivity (Wildman–Crippen MR) is 76.5 cm³/mol. The van der Waals surface area contributed by atoms with Crippen LogP contribution in [0.4, 0.5) is 13.2 Å². The summed E-state index contributed by atoms with van der Waals surface area (Å²) in [5.74, 6) is 0.110. The number of alkyl halides is 3. The molecule has 0 spiro atoms. The van der Waals surface area contributed by atoms with E-state index >= 15 is 0 Å². The number of aryl methyl sites for hydroxylation is 1. The molecule has 0 amide bonds. The van der Waals surface area contributed by atoms with Gasteiger partial charge in [0.05, 0.1) is 12.7 Å². The Morgan fingerprint density at radius 3 is 2.38 bits per heavy atom. The van der Waals surface area contributed by atoms with Gasteiger partial charge in [-0.3, -0.25) is 0 Å². The van der Waals surface area contributed by atoms with E-state index in [2.05, 4.69) is 4.74 Å². The van der Waals surface area contributed by atoms with Crippen LogP contribution in [0.15, 0.2) is 18.2 Å². The van der Waals surface area contributed by atoms with Gasteiger partial charge in [-0.05, 0) is 43.0 Å². The third-order valence-electron chi connectivity index (χ3n) is 3.44. The first-order valence-electron chi connectivity index (χ1n) is 7.26. The molecule has 0 aliphatic heterocycles. The first kappa shape index (κ1) is 17.8. The van der Waals surface area contributed by atoms with Gasteiger partial charge in [0.25, 0.3) is 0 Å². The van der Waals surface area contributed by atoms with Crippen LogP contribution >= 0.6 is 0 Å². The van der Waals surface area contributed by atoms with Gasteiger partial charge in [-0.1, -0.05) is 19.9 Å². The van der Waals surface area contributed by atoms with Crippen LogP contribution in [0.5, 0.6) is 5.75 Å². The summed E-state index contributed by atoms with van der Waals surface area (Å²) in [6.45, 7) is 3.03. The van der Waals surface area contributed by atoms with Crippen molar-refractivity contribution < 1.29 is 22.6 Å². The standard InChI is InChI=1S/C16H23F3O2/c1-4-13(17)9-14(5-2)20-10-12-8-15(21-16(18)19)7-6-11(12)3/h6-8,13-14,16H,4-5,9-10H2,1-3H3/t13-,14+/m0/s1. The molecule has 0 saturated carbocycles. The van der Waals surface area contributed by atoms with Gasteiger partial charge in [-0.2, -0.15) is 8.78 Å². The molecular weight excluding hydrogens is 281 g/mol. The molecule has 0 radical (unpaired) electrons. The van der Waals surface area contributed by atoms with Crippen molar-refractivity contribution in [3.8, 4) is 5.75 Å². The number of ether oxygens (including phenoxy) is 2. The molecule has 0 N–H and O–H groups in total. The number of hydrogen-bond donors (Lipinski definition) is 0. The molecule has 0 bridgehead atoms. The highest BCUT2D eigenvalue weighted by Gasteiger charge is 2.14. The Kier molecular flexibility index (Phi) is 7.57. The minimum atomic E-state index is -2.85. The van der Waals surface area contributed by atoms with Gasteiger partial charge in [0.15, 0.2) is 0 Å². The summed E-state index contributed by atoms with van der Waals surface area (Å²) in [5, 5.41) is 0. The van der Waals surface area contributed by atoms with Crippen molar-refractivity contribution in [1.29, 1.82) is 0 Å². The van der Waals surface area contributed by atoms with Crippen molar-refractivity contribution >= 4 is 0 Å². The SMILES string of the molecule is CC[C@H](F)C[C@@H](CC)OCc1cc(OC(F)F)ccc1C. The maximum atomic E-state index is 13.4. The van der Waals surface area contributed by atoms with Crippen molar-refractivity contribution in [2.45, 2.75) is 65.5 Å². The highest BCUT2D eigenvalue weighted by Crippen LogP contribution is 2.22. The van der Waals surface area contributed by atoms with Crippen molar-refractivity contribution in [3.05, 3.63) is 29.3 Å². The molecule has 0 saturated heterocycles. The van der Waals surface area contributed by atoms with Crippen LogP contribution in [-0.2, 0) is 11.3 Å². The minimum absolute atomic E-state index is 0.110. The Morgan fingerprint density at radius 2 is 1.81 bits per heavy atom. The zero-order chi connectivity index (χ0) is 15.8. The molecule has 0 aliphatic rings. The monoisotopic (exact) mass is 304 g/mol. The van der Waals surface area contributed by atoms with Gasteiger partial charge >= 0.3 is 6.61 Å². The average molecular weight is 304 g/mol. The van der Waals surface area contributed by atoms with Gasteiger partial charge in [0, 0.05) is 6.42 Å². The van der Waals surface area contributed by atoms with Gasteiger partial charge in [-0.25, -0.2) is 4.39 Å². The summed E-state index contributed by atoms with van der Waals surface area (Å²) in [5.41, 5.74) is 1.71. The van der Waals surface area contributed by atoms with E-state index in [9.17, 15) is 13.2 Å². The topological polar surface area (TPSA) is 18.5 Å². The summed E-state index contributed by atoms with van der Waals surface area (Å²) in [6.07, 6.45) is 0.506. The lowest BCUT2D eigenvalue weighted by atomic mass is 10.1. The minimum Gasteiger partial charge on any atom is -0.435 e. The largest absolute Gasteiger partial charge is 0.435 e. The smallest absolute Gasteiger partial charge is 0.387 e. The molecule has 21 heavy (non-hydrogen) atoms. The van der Waals surface area contributed by atoms with Gasteiger partial charge < -0.3 is 9.47 Å². The van der Waals surface area contributed by atoms with E-state index in [1.807, 2.05) is 13.8 Å². The van der Waals surface area contributed by atoms with Gasteiger partial charge in [0.1, 0.15) is 11.9 Å². The Bertz CT molecular complexity index is 424.